The number of benzene rings is 1. The molecule has 16 nitrogen and oxygen atoms in total. The van der Waals surface area contributed by atoms with Gasteiger partial charge in [-0.1, -0.05) is 0 Å². The fraction of sp³-hybridized carbons (Fsp3) is 0.450. The van der Waals surface area contributed by atoms with Gasteiger partial charge in [0.05, 0.1) is 18.7 Å². The molecule has 0 bridgehead atoms. The number of aliphatic hydroxyl groups is 3. The number of carboxylic acids is 1. The lowest BCUT2D eigenvalue weighted by molar-refractivity contribution is -0.137. The molecule has 208 valence electrons. The number of carboxylic acid groups (broad SMARTS) is 1. The van der Waals surface area contributed by atoms with Crippen LogP contribution in [0.15, 0.2) is 20.6 Å². The molecule has 2 aliphatic rings. The SMILES string of the molecule is Cc1cc2c(nc3c(=O)[nH]c(=O)nc-3n2C[C@H](O)[C@H](O)[C@H](O)COP(=O)(O)O)c(SC[C@H](N)C(=O)O)c1C. The van der Waals surface area contributed by atoms with Crippen LogP contribution in [0, 0.1) is 13.8 Å². The van der Waals surface area contributed by atoms with E-state index < -0.39 is 62.5 Å². The van der Waals surface area contributed by atoms with E-state index in [0.29, 0.717) is 16.0 Å². The second kappa shape index (κ2) is 11.6. The molecular formula is C20H26N5O11PS. The summed E-state index contributed by atoms with van der Waals surface area (Å²) in [5.74, 6) is -1.52. The molecule has 0 saturated carbocycles. The molecule has 0 saturated heterocycles. The van der Waals surface area contributed by atoms with Gasteiger partial charge in [-0.15, -0.1) is 11.8 Å². The molecule has 1 aromatic carbocycles. The standard InChI is InChI=1S/C20H26N5O11PS/c1-7-3-10-13(16(8(7)2)38-6-9(21)19(30)31)22-14-17(23-20(32)24-18(14)29)25(10)4-11(26)15(28)12(27)5-36-37(33,34)35/h3,9,11-12,15,26-28H,4-6,21H2,1-2H3,(H,30,31)(H,24,29,32)(H2,33,34,35)/t9-,11-,12+,15-/m0/s1. The van der Waals surface area contributed by atoms with Gasteiger partial charge < -0.3 is 40.5 Å². The monoisotopic (exact) mass is 575 g/mol. The summed E-state index contributed by atoms with van der Waals surface area (Å²) in [5.41, 5.74) is 5.29. The van der Waals surface area contributed by atoms with Crippen molar-refractivity contribution in [2.75, 3.05) is 12.4 Å². The molecule has 0 aromatic heterocycles. The number of fused-ring (bicyclic) bond motifs is 2. The summed E-state index contributed by atoms with van der Waals surface area (Å²) >= 11 is 1.07. The molecule has 2 aliphatic heterocycles. The lowest BCUT2D eigenvalue weighted by Crippen LogP contribution is -2.42. The van der Waals surface area contributed by atoms with Crippen molar-refractivity contribution in [3.8, 4) is 11.5 Å². The predicted molar refractivity (Wildman–Crippen MR) is 133 cm³/mol. The van der Waals surface area contributed by atoms with Crippen LogP contribution in [0.25, 0.3) is 22.6 Å². The molecule has 38 heavy (non-hydrogen) atoms. The van der Waals surface area contributed by atoms with Crippen LogP contribution in [-0.4, -0.2) is 92.4 Å². The number of aryl methyl sites for hydroxylation is 1. The number of carbonyl (C=O) groups is 1. The van der Waals surface area contributed by atoms with Crippen molar-refractivity contribution >= 4 is 36.6 Å². The number of H-pyrrole nitrogens is 1. The van der Waals surface area contributed by atoms with E-state index in [9.17, 15) is 34.3 Å². The highest BCUT2D eigenvalue weighted by atomic mass is 32.2. The fourth-order valence-corrected chi connectivity index (χ4v) is 5.05. The van der Waals surface area contributed by atoms with Crippen molar-refractivity contribution in [1.29, 1.82) is 0 Å². The second-order valence-corrected chi connectivity index (χ2v) is 10.7. The van der Waals surface area contributed by atoms with E-state index in [0.717, 1.165) is 11.8 Å². The first-order valence-corrected chi connectivity index (χ1v) is 13.4. The minimum absolute atomic E-state index is 0.0460. The minimum atomic E-state index is -4.97. The number of hydrogen-bond donors (Lipinski definition) is 8. The maximum atomic E-state index is 12.6. The molecule has 0 spiro atoms. The summed E-state index contributed by atoms with van der Waals surface area (Å²) in [6.07, 6.45) is -5.70. The first kappa shape index (κ1) is 29.8. The van der Waals surface area contributed by atoms with Crippen LogP contribution in [0.2, 0.25) is 0 Å². The number of phosphoric ester groups is 1. The summed E-state index contributed by atoms with van der Waals surface area (Å²) in [7, 11) is -4.97. The Morgan fingerprint density at radius 1 is 1.21 bits per heavy atom. The molecule has 2 heterocycles. The van der Waals surface area contributed by atoms with Crippen LogP contribution in [-0.2, 0) is 20.4 Å². The molecular weight excluding hydrogens is 549 g/mol. The average molecular weight is 575 g/mol. The Kier molecular flexibility index (Phi) is 9.08. The van der Waals surface area contributed by atoms with E-state index in [1.807, 2.05) is 4.98 Å². The van der Waals surface area contributed by atoms with Gasteiger partial charge in [-0.05, 0) is 31.0 Å². The Morgan fingerprint density at radius 2 is 1.87 bits per heavy atom. The number of aliphatic carboxylic acids is 1. The molecule has 1 aromatic rings. The summed E-state index contributed by atoms with van der Waals surface area (Å²) < 4.78 is 16.3. The number of phosphoric acid groups is 1. The van der Waals surface area contributed by atoms with Crippen molar-refractivity contribution in [1.82, 2.24) is 19.5 Å². The van der Waals surface area contributed by atoms with Crippen molar-refractivity contribution in [3.63, 3.8) is 0 Å². The Bertz CT molecular complexity index is 1490. The van der Waals surface area contributed by atoms with Gasteiger partial charge in [0.1, 0.15) is 29.9 Å². The molecule has 3 rings (SSSR count). The highest BCUT2D eigenvalue weighted by Gasteiger charge is 2.30. The smallest absolute Gasteiger partial charge is 0.469 e. The maximum Gasteiger partial charge on any atom is 0.469 e. The molecule has 0 fully saturated rings. The van der Waals surface area contributed by atoms with Crippen LogP contribution >= 0.6 is 19.6 Å². The van der Waals surface area contributed by atoms with Crippen molar-refractivity contribution in [2.24, 2.45) is 5.73 Å². The zero-order valence-electron chi connectivity index (χ0n) is 20.0. The summed E-state index contributed by atoms with van der Waals surface area (Å²) in [4.78, 5) is 64.1. The Labute approximate surface area is 217 Å². The van der Waals surface area contributed by atoms with Crippen molar-refractivity contribution < 1.29 is 44.1 Å². The number of nitrogens with one attached hydrogen (secondary N) is 1. The predicted octanol–water partition coefficient (Wildman–Crippen LogP) is -2.10. The highest BCUT2D eigenvalue weighted by Crippen LogP contribution is 2.36. The zero-order valence-corrected chi connectivity index (χ0v) is 21.7. The zero-order chi connectivity index (χ0) is 28.5. The number of hydrogen-bond acceptors (Lipinski definition) is 12. The summed E-state index contributed by atoms with van der Waals surface area (Å²) in [6, 6.07) is 0.419. The Morgan fingerprint density at radius 3 is 2.47 bits per heavy atom. The van der Waals surface area contributed by atoms with Crippen LogP contribution in [0.3, 0.4) is 0 Å². The quantitative estimate of drug-likeness (QED) is 0.0691. The number of nitrogens with zero attached hydrogens (tertiary/aromatic N) is 3. The van der Waals surface area contributed by atoms with E-state index in [4.69, 9.17) is 20.6 Å². The number of nitrogens with two attached hydrogens (primary N) is 1. The van der Waals surface area contributed by atoms with Gasteiger partial charge in [-0.25, -0.2) is 14.3 Å². The highest BCUT2D eigenvalue weighted by molar-refractivity contribution is 7.99. The van der Waals surface area contributed by atoms with Gasteiger partial charge in [0, 0.05) is 10.6 Å². The number of aliphatic hydroxyl groups excluding tert-OH is 3. The maximum absolute atomic E-state index is 12.6. The van der Waals surface area contributed by atoms with Crippen LogP contribution < -0.4 is 17.0 Å². The number of thioether (sulfide) groups is 1. The average Bonchev–Trinajstić information content (AvgIpc) is 2.82. The van der Waals surface area contributed by atoms with Gasteiger partial charge >= 0.3 is 19.5 Å². The van der Waals surface area contributed by atoms with E-state index in [1.165, 1.54) is 4.57 Å². The summed E-state index contributed by atoms with van der Waals surface area (Å²) in [5, 5.41) is 40.3. The topological polar surface area (TPSA) is 271 Å². The fourth-order valence-electron chi connectivity index (χ4n) is 3.55. The largest absolute Gasteiger partial charge is 0.480 e. The lowest BCUT2D eigenvalue weighted by atomic mass is 10.1. The number of aromatic amines is 1. The van der Waals surface area contributed by atoms with Crippen LogP contribution in [0.1, 0.15) is 11.1 Å². The van der Waals surface area contributed by atoms with Crippen molar-refractivity contribution in [3.05, 3.63) is 38.0 Å². The second-order valence-electron chi connectivity index (χ2n) is 8.45. The molecule has 0 unspecified atom stereocenters. The van der Waals surface area contributed by atoms with Crippen molar-refractivity contribution in [2.45, 2.75) is 49.6 Å². The molecule has 4 atom stereocenters. The molecule has 0 aliphatic carbocycles. The minimum Gasteiger partial charge on any atom is -0.480 e. The van der Waals surface area contributed by atoms with E-state index in [2.05, 4.69) is 14.5 Å². The van der Waals surface area contributed by atoms with E-state index in [-0.39, 0.29) is 28.3 Å². The van der Waals surface area contributed by atoms with Gasteiger partial charge in [0.15, 0.2) is 11.5 Å². The van der Waals surface area contributed by atoms with E-state index in [1.54, 1.807) is 19.9 Å². The number of rotatable bonds is 11. The van der Waals surface area contributed by atoms with Crippen LogP contribution in [0.5, 0.6) is 0 Å². The molecule has 9 N–H and O–H groups in total. The molecule has 18 heteroatoms. The third-order valence-electron chi connectivity index (χ3n) is 5.66. The first-order valence-electron chi connectivity index (χ1n) is 10.9. The Hall–Kier alpha value is -2.73. The first-order chi connectivity index (χ1) is 17.6. The molecule has 0 amide bonds. The van der Waals surface area contributed by atoms with Gasteiger partial charge in [0.25, 0.3) is 5.56 Å². The van der Waals surface area contributed by atoms with Gasteiger partial charge in [0.2, 0.25) is 0 Å². The summed E-state index contributed by atoms with van der Waals surface area (Å²) in [6.45, 7) is 1.93. The van der Waals surface area contributed by atoms with Gasteiger partial charge in [-0.3, -0.25) is 19.1 Å². The third kappa shape index (κ3) is 6.63. The molecule has 0 radical (unpaired) electrons. The van der Waals surface area contributed by atoms with Crippen LogP contribution in [0.4, 0.5) is 0 Å². The third-order valence-corrected chi connectivity index (χ3v) is 7.46. The van der Waals surface area contributed by atoms with E-state index >= 15 is 0 Å². The normalized spacial score (nSPS) is 15.5. The lowest BCUT2D eigenvalue weighted by Gasteiger charge is -2.26. The van der Waals surface area contributed by atoms with Gasteiger partial charge in [-0.2, -0.15) is 4.98 Å². The Balaban J connectivity index is 2.17. The number of aromatic nitrogens is 4.